The second kappa shape index (κ2) is 4.86. The van der Waals surface area contributed by atoms with Gasteiger partial charge in [0.1, 0.15) is 12.4 Å². The number of hydrogen-bond donors (Lipinski definition) is 1. The molecule has 0 fully saturated rings. The van der Waals surface area contributed by atoms with E-state index in [1.807, 2.05) is 24.3 Å². The molecule has 0 aliphatic rings. The van der Waals surface area contributed by atoms with Crippen LogP contribution in [-0.2, 0) is 6.61 Å². The van der Waals surface area contributed by atoms with E-state index in [9.17, 15) is 0 Å². The molecule has 0 aliphatic carbocycles. The fourth-order valence-corrected chi connectivity index (χ4v) is 1.49. The van der Waals surface area contributed by atoms with Crippen molar-refractivity contribution < 1.29 is 4.74 Å². The molecule has 16 heavy (non-hydrogen) atoms. The molecular weight excluding hydrogens is 224 g/mol. The van der Waals surface area contributed by atoms with Gasteiger partial charge in [-0.1, -0.05) is 29.8 Å². The standard InChI is InChI=1S/C12H11ClN2O/c13-10-4-2-1-3-9(10)8-16-12-5-6-15-7-11(12)14/h1-7H,8,14H2. The number of hydrogen-bond acceptors (Lipinski definition) is 3. The van der Waals surface area contributed by atoms with Crippen LogP contribution in [0, 0.1) is 0 Å². The number of ether oxygens (including phenoxy) is 1. The Labute approximate surface area is 98.8 Å². The van der Waals surface area contributed by atoms with Crippen LogP contribution in [0.3, 0.4) is 0 Å². The average molecular weight is 235 g/mol. The number of benzene rings is 1. The van der Waals surface area contributed by atoms with E-state index in [4.69, 9.17) is 22.1 Å². The van der Waals surface area contributed by atoms with Crippen molar-refractivity contribution in [3.63, 3.8) is 0 Å². The van der Waals surface area contributed by atoms with E-state index in [2.05, 4.69) is 4.98 Å². The molecule has 2 N–H and O–H groups in total. The molecule has 0 bridgehead atoms. The molecule has 0 aliphatic heterocycles. The number of rotatable bonds is 3. The normalized spacial score (nSPS) is 10.1. The zero-order valence-corrected chi connectivity index (χ0v) is 9.32. The molecule has 0 radical (unpaired) electrons. The van der Waals surface area contributed by atoms with Gasteiger partial charge in [0.05, 0.1) is 11.9 Å². The van der Waals surface area contributed by atoms with Crippen molar-refractivity contribution in [2.45, 2.75) is 6.61 Å². The largest absolute Gasteiger partial charge is 0.487 e. The molecule has 82 valence electrons. The summed E-state index contributed by atoms with van der Waals surface area (Å²) in [7, 11) is 0. The summed E-state index contributed by atoms with van der Waals surface area (Å²) >= 11 is 6.01. The molecule has 2 aromatic rings. The van der Waals surface area contributed by atoms with E-state index in [-0.39, 0.29) is 0 Å². The maximum absolute atomic E-state index is 6.01. The van der Waals surface area contributed by atoms with Gasteiger partial charge in [-0.25, -0.2) is 0 Å². The highest BCUT2D eigenvalue weighted by molar-refractivity contribution is 6.31. The van der Waals surface area contributed by atoms with Gasteiger partial charge in [0.25, 0.3) is 0 Å². The van der Waals surface area contributed by atoms with Crippen molar-refractivity contribution in [3.8, 4) is 5.75 Å². The Morgan fingerprint density at radius 3 is 2.81 bits per heavy atom. The van der Waals surface area contributed by atoms with Crippen LogP contribution in [0.15, 0.2) is 42.7 Å². The Morgan fingerprint density at radius 1 is 1.25 bits per heavy atom. The van der Waals surface area contributed by atoms with Crippen molar-refractivity contribution in [1.82, 2.24) is 4.98 Å². The van der Waals surface area contributed by atoms with Gasteiger partial charge in [-0.3, -0.25) is 4.98 Å². The molecule has 0 saturated carbocycles. The third-order valence-corrected chi connectivity index (χ3v) is 2.52. The molecule has 1 aromatic carbocycles. The van der Waals surface area contributed by atoms with Crippen molar-refractivity contribution in [3.05, 3.63) is 53.3 Å². The molecule has 0 amide bonds. The quantitative estimate of drug-likeness (QED) is 0.888. The maximum Gasteiger partial charge on any atom is 0.145 e. The van der Waals surface area contributed by atoms with Crippen LogP contribution < -0.4 is 10.5 Å². The zero-order valence-electron chi connectivity index (χ0n) is 8.56. The van der Waals surface area contributed by atoms with Gasteiger partial charge in [0.15, 0.2) is 0 Å². The zero-order chi connectivity index (χ0) is 11.4. The number of nitrogens with zero attached hydrogens (tertiary/aromatic N) is 1. The summed E-state index contributed by atoms with van der Waals surface area (Å²) in [4.78, 5) is 3.89. The van der Waals surface area contributed by atoms with Gasteiger partial charge in [-0.15, -0.1) is 0 Å². The Hall–Kier alpha value is -1.74. The van der Waals surface area contributed by atoms with E-state index < -0.39 is 0 Å². The summed E-state index contributed by atoms with van der Waals surface area (Å²) in [6.07, 6.45) is 3.19. The monoisotopic (exact) mass is 234 g/mol. The summed E-state index contributed by atoms with van der Waals surface area (Å²) in [6.45, 7) is 0.397. The second-order valence-corrected chi connectivity index (χ2v) is 3.70. The summed E-state index contributed by atoms with van der Waals surface area (Å²) < 4.78 is 5.55. The minimum atomic E-state index is 0.397. The molecule has 2 rings (SSSR count). The lowest BCUT2D eigenvalue weighted by Gasteiger charge is -2.09. The average Bonchev–Trinajstić information content (AvgIpc) is 2.30. The van der Waals surface area contributed by atoms with Crippen molar-refractivity contribution >= 4 is 17.3 Å². The number of nitrogen functional groups attached to an aromatic ring is 1. The number of nitrogens with two attached hydrogens (primary N) is 1. The van der Waals surface area contributed by atoms with Crippen LogP contribution in [0.25, 0.3) is 0 Å². The van der Waals surface area contributed by atoms with Gasteiger partial charge in [0.2, 0.25) is 0 Å². The second-order valence-electron chi connectivity index (χ2n) is 3.29. The van der Waals surface area contributed by atoms with Crippen LogP contribution in [0.1, 0.15) is 5.56 Å². The van der Waals surface area contributed by atoms with Crippen molar-refractivity contribution in [2.24, 2.45) is 0 Å². The lowest BCUT2D eigenvalue weighted by molar-refractivity contribution is 0.308. The first-order valence-corrected chi connectivity index (χ1v) is 5.21. The Morgan fingerprint density at radius 2 is 2.06 bits per heavy atom. The highest BCUT2D eigenvalue weighted by atomic mass is 35.5. The third kappa shape index (κ3) is 2.44. The van der Waals surface area contributed by atoms with Crippen LogP contribution in [0.2, 0.25) is 5.02 Å². The number of anilines is 1. The Kier molecular flexibility index (Phi) is 3.27. The number of aromatic nitrogens is 1. The van der Waals surface area contributed by atoms with Crippen LogP contribution >= 0.6 is 11.6 Å². The third-order valence-electron chi connectivity index (χ3n) is 2.15. The van der Waals surface area contributed by atoms with Crippen LogP contribution in [0.5, 0.6) is 5.75 Å². The minimum absolute atomic E-state index is 0.397. The lowest BCUT2D eigenvalue weighted by atomic mass is 10.2. The summed E-state index contributed by atoms with van der Waals surface area (Å²) in [5.41, 5.74) is 7.16. The van der Waals surface area contributed by atoms with E-state index in [0.717, 1.165) is 5.56 Å². The van der Waals surface area contributed by atoms with Gasteiger partial charge in [-0.2, -0.15) is 0 Å². The van der Waals surface area contributed by atoms with E-state index in [1.165, 1.54) is 0 Å². The minimum Gasteiger partial charge on any atom is -0.487 e. The first-order valence-electron chi connectivity index (χ1n) is 4.83. The summed E-state index contributed by atoms with van der Waals surface area (Å²) in [6, 6.07) is 9.27. The van der Waals surface area contributed by atoms with Crippen molar-refractivity contribution in [1.29, 1.82) is 0 Å². The van der Waals surface area contributed by atoms with E-state index >= 15 is 0 Å². The molecule has 0 spiro atoms. The summed E-state index contributed by atoms with van der Waals surface area (Å²) in [5.74, 6) is 0.620. The molecule has 0 saturated heterocycles. The summed E-state index contributed by atoms with van der Waals surface area (Å²) in [5, 5.41) is 0.690. The molecule has 3 nitrogen and oxygen atoms in total. The van der Waals surface area contributed by atoms with Gasteiger partial charge in [0, 0.05) is 22.8 Å². The van der Waals surface area contributed by atoms with Crippen LogP contribution in [0.4, 0.5) is 5.69 Å². The first-order chi connectivity index (χ1) is 7.77. The first kappa shape index (κ1) is 10.8. The highest BCUT2D eigenvalue weighted by Gasteiger charge is 2.02. The van der Waals surface area contributed by atoms with Crippen LogP contribution in [-0.4, -0.2) is 4.98 Å². The number of halogens is 1. The predicted octanol–water partition coefficient (Wildman–Crippen LogP) is 2.90. The van der Waals surface area contributed by atoms with Gasteiger partial charge in [-0.05, 0) is 6.07 Å². The Bertz CT molecular complexity index is 442. The van der Waals surface area contributed by atoms with Gasteiger partial charge >= 0.3 is 0 Å². The molecule has 0 unspecified atom stereocenters. The maximum atomic E-state index is 6.01. The predicted molar refractivity (Wildman–Crippen MR) is 64.4 cm³/mol. The molecular formula is C12H11ClN2O. The molecule has 1 aromatic heterocycles. The fraction of sp³-hybridized carbons (Fsp3) is 0.0833. The smallest absolute Gasteiger partial charge is 0.145 e. The van der Waals surface area contributed by atoms with E-state index in [1.54, 1.807) is 18.5 Å². The topological polar surface area (TPSA) is 48.1 Å². The lowest BCUT2D eigenvalue weighted by Crippen LogP contribution is -1.99. The highest BCUT2D eigenvalue weighted by Crippen LogP contribution is 2.22. The molecule has 1 heterocycles. The number of pyridine rings is 1. The fourth-order valence-electron chi connectivity index (χ4n) is 1.30. The Balaban J connectivity index is 2.09. The van der Waals surface area contributed by atoms with E-state index in [0.29, 0.717) is 23.1 Å². The SMILES string of the molecule is Nc1cnccc1OCc1ccccc1Cl. The molecule has 4 heteroatoms. The molecule has 0 atom stereocenters. The van der Waals surface area contributed by atoms with Gasteiger partial charge < -0.3 is 10.5 Å². The van der Waals surface area contributed by atoms with Crippen molar-refractivity contribution in [2.75, 3.05) is 5.73 Å².